The summed E-state index contributed by atoms with van der Waals surface area (Å²) in [7, 11) is 0. The largest absolute Gasteiger partial charge is 0.444 e. The third-order valence-electron chi connectivity index (χ3n) is 7.71. The van der Waals surface area contributed by atoms with Crippen molar-refractivity contribution >= 4 is 35.2 Å². The van der Waals surface area contributed by atoms with Gasteiger partial charge in [0.1, 0.15) is 17.7 Å². The lowest BCUT2D eigenvalue weighted by Gasteiger charge is -2.44. The highest BCUT2D eigenvalue weighted by atomic mass is 35.5. The predicted molar refractivity (Wildman–Crippen MR) is 171 cm³/mol. The van der Waals surface area contributed by atoms with Gasteiger partial charge < -0.3 is 20.3 Å². The van der Waals surface area contributed by atoms with Crippen molar-refractivity contribution in [1.82, 2.24) is 10.2 Å². The Morgan fingerprint density at radius 3 is 2.23 bits per heavy atom. The molecule has 3 amide bonds. The van der Waals surface area contributed by atoms with Crippen molar-refractivity contribution in [3.05, 3.63) is 99.6 Å². The molecule has 0 heterocycles. The molecule has 1 fully saturated rings. The topological polar surface area (TPSA) is 87.7 Å². The number of amides is 3. The van der Waals surface area contributed by atoms with Gasteiger partial charge in [-0.3, -0.25) is 9.59 Å². The van der Waals surface area contributed by atoms with Gasteiger partial charge in [-0.25, -0.2) is 4.79 Å². The molecule has 43 heavy (non-hydrogen) atoms. The Balaban J connectivity index is 1.79. The minimum Gasteiger partial charge on any atom is -0.444 e. The van der Waals surface area contributed by atoms with Gasteiger partial charge in [-0.1, -0.05) is 77.8 Å². The van der Waals surface area contributed by atoms with Crippen LogP contribution in [0.5, 0.6) is 0 Å². The number of alkyl carbamates (subject to hydrolysis) is 1. The van der Waals surface area contributed by atoms with E-state index < -0.39 is 23.8 Å². The van der Waals surface area contributed by atoms with Gasteiger partial charge in [-0.15, -0.1) is 0 Å². The number of halogens is 1. The summed E-state index contributed by atoms with van der Waals surface area (Å²) in [6, 6.07) is 18.8. The van der Waals surface area contributed by atoms with E-state index in [4.69, 9.17) is 16.3 Å². The molecule has 1 aliphatic carbocycles. The molecule has 3 aromatic carbocycles. The normalized spacial score (nSPS) is 14.7. The molecule has 1 aliphatic rings. The van der Waals surface area contributed by atoms with Crippen LogP contribution < -0.4 is 10.6 Å². The van der Waals surface area contributed by atoms with Gasteiger partial charge in [0, 0.05) is 12.5 Å². The second-order valence-electron chi connectivity index (χ2n) is 12.4. The standard InChI is InChI=1S/C35H42ClN3O4/c1-22-18-19-27(24(3)20-22)31(32(40)38-30-23(2)12-10-17-28(30)36)39(26-15-11-16-26)33(41)29(21-25-13-8-7-9-14-25)37-34(42)43-35(4,5)6/h7-10,12-14,17-20,26,29,31H,11,15-16,21H2,1-6H3,(H,37,42)(H,38,40). The second kappa shape index (κ2) is 13.6. The van der Waals surface area contributed by atoms with E-state index in [0.717, 1.165) is 47.1 Å². The number of para-hydroxylation sites is 1. The third-order valence-corrected chi connectivity index (χ3v) is 8.03. The van der Waals surface area contributed by atoms with Crippen LogP contribution in [0.2, 0.25) is 5.02 Å². The highest BCUT2D eigenvalue weighted by Gasteiger charge is 2.42. The van der Waals surface area contributed by atoms with Crippen LogP contribution >= 0.6 is 11.6 Å². The zero-order valence-electron chi connectivity index (χ0n) is 25.9. The minimum atomic E-state index is -0.957. The van der Waals surface area contributed by atoms with Crippen molar-refractivity contribution in [3.8, 4) is 0 Å². The lowest BCUT2D eigenvalue weighted by molar-refractivity contribution is -0.145. The van der Waals surface area contributed by atoms with Crippen molar-refractivity contribution in [2.45, 2.75) is 91.0 Å². The molecule has 0 bridgehead atoms. The van der Waals surface area contributed by atoms with E-state index in [-0.39, 0.29) is 24.3 Å². The molecule has 0 aliphatic heterocycles. The van der Waals surface area contributed by atoms with Crippen molar-refractivity contribution in [2.24, 2.45) is 0 Å². The summed E-state index contributed by atoms with van der Waals surface area (Å²) in [5.41, 5.74) is 4.14. The van der Waals surface area contributed by atoms with Crippen LogP contribution in [-0.2, 0) is 20.7 Å². The van der Waals surface area contributed by atoms with Crippen molar-refractivity contribution in [3.63, 3.8) is 0 Å². The van der Waals surface area contributed by atoms with Crippen LogP contribution in [-0.4, -0.2) is 40.5 Å². The van der Waals surface area contributed by atoms with E-state index in [2.05, 4.69) is 10.6 Å². The van der Waals surface area contributed by atoms with Gasteiger partial charge in [0.25, 0.3) is 5.91 Å². The maximum Gasteiger partial charge on any atom is 0.408 e. The van der Waals surface area contributed by atoms with Gasteiger partial charge in [-0.05, 0) is 89.1 Å². The molecule has 2 unspecified atom stereocenters. The Morgan fingerprint density at radius 1 is 0.953 bits per heavy atom. The van der Waals surface area contributed by atoms with Crippen LogP contribution in [0.3, 0.4) is 0 Å². The SMILES string of the molecule is Cc1ccc(C(C(=O)Nc2c(C)cccc2Cl)N(C(=O)C(Cc2ccccc2)NC(=O)OC(C)(C)C)C2CCC2)c(C)c1. The quantitative estimate of drug-likeness (QED) is 0.266. The molecule has 0 aromatic heterocycles. The molecule has 2 N–H and O–H groups in total. The fraction of sp³-hybridized carbons (Fsp3) is 0.400. The molecule has 1 saturated carbocycles. The number of hydrogen-bond acceptors (Lipinski definition) is 4. The minimum absolute atomic E-state index is 0.171. The van der Waals surface area contributed by atoms with Crippen molar-refractivity contribution < 1.29 is 19.1 Å². The highest BCUT2D eigenvalue weighted by molar-refractivity contribution is 6.34. The van der Waals surface area contributed by atoms with Gasteiger partial charge in [0.15, 0.2) is 0 Å². The van der Waals surface area contributed by atoms with E-state index in [1.807, 2.05) is 81.4 Å². The summed E-state index contributed by atoms with van der Waals surface area (Å²) in [6.45, 7) is 11.2. The molecule has 4 rings (SSSR count). The number of ether oxygens (including phenoxy) is 1. The molecular formula is C35H42ClN3O4. The molecule has 7 nitrogen and oxygen atoms in total. The molecule has 0 radical (unpaired) electrons. The zero-order chi connectivity index (χ0) is 31.3. The molecule has 2 atom stereocenters. The lowest BCUT2D eigenvalue weighted by Crippen LogP contribution is -2.57. The summed E-state index contributed by atoms with van der Waals surface area (Å²) in [4.78, 5) is 43.8. The highest BCUT2D eigenvalue weighted by Crippen LogP contribution is 2.37. The van der Waals surface area contributed by atoms with Crippen molar-refractivity contribution in [1.29, 1.82) is 0 Å². The Bertz CT molecular complexity index is 1440. The molecule has 0 spiro atoms. The monoisotopic (exact) mass is 603 g/mol. The Kier molecular flexibility index (Phi) is 10.2. The van der Waals surface area contributed by atoms with E-state index in [1.54, 1.807) is 31.7 Å². The summed E-state index contributed by atoms with van der Waals surface area (Å²) >= 11 is 6.51. The number of aryl methyl sites for hydroxylation is 3. The molecular weight excluding hydrogens is 562 g/mol. The van der Waals surface area contributed by atoms with Crippen LogP contribution in [0.4, 0.5) is 10.5 Å². The van der Waals surface area contributed by atoms with E-state index in [0.29, 0.717) is 10.7 Å². The number of carbonyl (C=O) groups excluding carboxylic acids is 3. The molecule has 8 heteroatoms. The summed E-state index contributed by atoms with van der Waals surface area (Å²) in [6.07, 6.45) is 2.02. The van der Waals surface area contributed by atoms with Crippen LogP contribution in [0.1, 0.15) is 73.9 Å². The average molecular weight is 604 g/mol. The third kappa shape index (κ3) is 8.17. The second-order valence-corrected chi connectivity index (χ2v) is 12.8. The van der Waals surface area contributed by atoms with Gasteiger partial charge in [0.2, 0.25) is 5.91 Å². The average Bonchev–Trinajstić information content (AvgIpc) is 2.89. The fourth-order valence-electron chi connectivity index (χ4n) is 5.39. The van der Waals surface area contributed by atoms with Crippen molar-refractivity contribution in [2.75, 3.05) is 5.32 Å². The predicted octanol–water partition coefficient (Wildman–Crippen LogP) is 7.46. The van der Waals surface area contributed by atoms with Crippen LogP contribution in [0, 0.1) is 20.8 Å². The first-order valence-corrected chi connectivity index (χ1v) is 15.2. The maximum absolute atomic E-state index is 14.7. The number of anilines is 1. The molecule has 3 aromatic rings. The zero-order valence-corrected chi connectivity index (χ0v) is 26.6. The lowest BCUT2D eigenvalue weighted by atomic mass is 9.86. The fourth-order valence-corrected chi connectivity index (χ4v) is 5.66. The van der Waals surface area contributed by atoms with E-state index in [9.17, 15) is 14.4 Å². The first-order valence-electron chi connectivity index (χ1n) is 14.8. The number of nitrogens with zero attached hydrogens (tertiary/aromatic N) is 1. The molecule has 0 saturated heterocycles. The number of carbonyl (C=O) groups is 3. The number of nitrogens with one attached hydrogen (secondary N) is 2. The number of rotatable bonds is 9. The van der Waals surface area contributed by atoms with Gasteiger partial charge in [0.05, 0.1) is 10.7 Å². The van der Waals surface area contributed by atoms with E-state index in [1.165, 1.54) is 0 Å². The van der Waals surface area contributed by atoms with Gasteiger partial charge >= 0.3 is 6.09 Å². The Labute approximate surface area is 260 Å². The smallest absolute Gasteiger partial charge is 0.408 e. The Hall–Kier alpha value is -3.84. The van der Waals surface area contributed by atoms with E-state index >= 15 is 0 Å². The first-order chi connectivity index (χ1) is 20.3. The number of benzene rings is 3. The Morgan fingerprint density at radius 2 is 1.65 bits per heavy atom. The number of hydrogen-bond donors (Lipinski definition) is 2. The molecule has 228 valence electrons. The summed E-state index contributed by atoms with van der Waals surface area (Å²) < 4.78 is 5.55. The first kappa shape index (κ1) is 32.1. The summed E-state index contributed by atoms with van der Waals surface area (Å²) in [5, 5.41) is 6.30. The van der Waals surface area contributed by atoms with Crippen LogP contribution in [0.25, 0.3) is 0 Å². The van der Waals surface area contributed by atoms with Gasteiger partial charge in [-0.2, -0.15) is 0 Å². The maximum atomic E-state index is 14.7. The summed E-state index contributed by atoms with van der Waals surface area (Å²) in [5.74, 6) is -0.699. The van der Waals surface area contributed by atoms with Crippen LogP contribution in [0.15, 0.2) is 66.7 Å².